The maximum atomic E-state index is 13.3. The standard InChI is InChI=1S/C27H33BrN2O4/c1-26(2,3)34-25(33)30-14-18-9-7-6-8-17(18)12-22(30)23(31)15-29-16-27(4,5)21-13-19(28)10-11-20(21)24(29)32/h6-11,13,22-23,31H,12,14-16H2,1-5H3/t22?,23-/m1/s1. The molecule has 0 saturated carbocycles. The normalized spacial score (nSPS) is 20.4. The summed E-state index contributed by atoms with van der Waals surface area (Å²) in [4.78, 5) is 29.8. The van der Waals surface area contributed by atoms with Crippen LogP contribution in [0.5, 0.6) is 0 Å². The van der Waals surface area contributed by atoms with Crippen LogP contribution in [-0.2, 0) is 23.1 Å². The summed E-state index contributed by atoms with van der Waals surface area (Å²) in [6.07, 6.45) is -0.866. The molecular weight excluding hydrogens is 496 g/mol. The van der Waals surface area contributed by atoms with Gasteiger partial charge >= 0.3 is 6.09 Å². The van der Waals surface area contributed by atoms with E-state index in [1.165, 1.54) is 0 Å². The summed E-state index contributed by atoms with van der Waals surface area (Å²) in [6, 6.07) is 13.2. The van der Waals surface area contributed by atoms with Gasteiger partial charge in [-0.15, -0.1) is 0 Å². The Kier molecular flexibility index (Phi) is 6.55. The molecule has 6 nitrogen and oxygen atoms in total. The number of hydrogen-bond donors (Lipinski definition) is 1. The highest BCUT2D eigenvalue weighted by Crippen LogP contribution is 2.36. The maximum absolute atomic E-state index is 13.3. The van der Waals surface area contributed by atoms with Crippen molar-refractivity contribution in [3.8, 4) is 0 Å². The minimum absolute atomic E-state index is 0.0964. The van der Waals surface area contributed by atoms with E-state index in [0.29, 0.717) is 25.1 Å². The zero-order valence-corrected chi connectivity index (χ0v) is 22.1. The Morgan fingerprint density at radius 3 is 2.56 bits per heavy atom. The van der Waals surface area contributed by atoms with Crippen molar-refractivity contribution in [2.45, 2.75) is 70.7 Å². The SMILES string of the molecule is CC(C)(C)OC(=O)N1Cc2ccccc2CC1[C@H](O)CN1CC(C)(C)c2cc(Br)ccc2C1=O. The molecule has 182 valence electrons. The summed E-state index contributed by atoms with van der Waals surface area (Å²) in [6.45, 7) is 10.7. The number of benzene rings is 2. The number of carbonyl (C=O) groups excluding carboxylic acids is 2. The zero-order chi connectivity index (χ0) is 24.8. The highest BCUT2D eigenvalue weighted by Gasteiger charge is 2.41. The molecular formula is C27H33BrN2O4. The summed E-state index contributed by atoms with van der Waals surface area (Å²) in [7, 11) is 0. The number of hydrogen-bond acceptors (Lipinski definition) is 4. The van der Waals surface area contributed by atoms with E-state index in [1.54, 1.807) is 9.80 Å². The number of fused-ring (bicyclic) bond motifs is 2. The van der Waals surface area contributed by atoms with Gasteiger partial charge in [-0.05, 0) is 62.1 Å². The van der Waals surface area contributed by atoms with Crippen LogP contribution in [-0.4, -0.2) is 57.7 Å². The average molecular weight is 529 g/mol. The lowest BCUT2D eigenvalue weighted by atomic mass is 9.78. The third-order valence-corrected chi connectivity index (χ3v) is 7.08. The van der Waals surface area contributed by atoms with Crippen molar-refractivity contribution in [3.05, 3.63) is 69.2 Å². The van der Waals surface area contributed by atoms with Crippen LogP contribution in [0, 0.1) is 0 Å². The van der Waals surface area contributed by atoms with E-state index in [4.69, 9.17) is 4.74 Å². The molecule has 0 fully saturated rings. The zero-order valence-electron chi connectivity index (χ0n) is 20.5. The first-order valence-corrected chi connectivity index (χ1v) is 12.5. The fourth-order valence-corrected chi connectivity index (χ4v) is 5.33. The number of ether oxygens (including phenoxy) is 1. The number of β-amino-alcohol motifs (C(OH)–C–C–N with tert-alkyl or cyclic N) is 1. The smallest absolute Gasteiger partial charge is 0.410 e. The third kappa shape index (κ3) is 5.01. The van der Waals surface area contributed by atoms with E-state index in [-0.39, 0.29) is 17.9 Å². The molecule has 2 heterocycles. The Hall–Kier alpha value is -2.38. The van der Waals surface area contributed by atoms with Gasteiger partial charge < -0.3 is 14.7 Å². The summed E-state index contributed by atoms with van der Waals surface area (Å²) >= 11 is 3.51. The monoisotopic (exact) mass is 528 g/mol. The van der Waals surface area contributed by atoms with Crippen LogP contribution in [0.15, 0.2) is 46.9 Å². The molecule has 0 saturated heterocycles. The Morgan fingerprint density at radius 1 is 1.21 bits per heavy atom. The molecule has 2 aliphatic heterocycles. The maximum Gasteiger partial charge on any atom is 0.410 e. The average Bonchev–Trinajstić information content (AvgIpc) is 2.75. The van der Waals surface area contributed by atoms with Crippen LogP contribution >= 0.6 is 15.9 Å². The second-order valence-corrected chi connectivity index (χ2v) is 11.9. The van der Waals surface area contributed by atoms with E-state index < -0.39 is 23.8 Å². The molecule has 2 aromatic rings. The highest BCUT2D eigenvalue weighted by molar-refractivity contribution is 9.10. The van der Waals surface area contributed by atoms with E-state index in [2.05, 4.69) is 29.8 Å². The van der Waals surface area contributed by atoms with Gasteiger partial charge in [0.1, 0.15) is 5.60 Å². The largest absolute Gasteiger partial charge is 0.444 e. The summed E-state index contributed by atoms with van der Waals surface area (Å²) in [5.41, 5.74) is 2.90. The topological polar surface area (TPSA) is 70.1 Å². The van der Waals surface area contributed by atoms with Gasteiger partial charge in [0.25, 0.3) is 5.91 Å². The number of aliphatic hydroxyl groups excluding tert-OH is 1. The van der Waals surface area contributed by atoms with E-state index in [0.717, 1.165) is 21.2 Å². The first kappa shape index (κ1) is 24.7. The number of rotatable bonds is 3. The molecule has 0 bridgehead atoms. The summed E-state index contributed by atoms with van der Waals surface area (Å²) in [5.74, 6) is -0.0964. The number of halogens is 1. The summed E-state index contributed by atoms with van der Waals surface area (Å²) < 4.78 is 6.60. The van der Waals surface area contributed by atoms with E-state index in [1.807, 2.05) is 63.2 Å². The molecule has 0 aliphatic carbocycles. The molecule has 7 heteroatoms. The van der Waals surface area contributed by atoms with Crippen LogP contribution in [0.3, 0.4) is 0 Å². The molecule has 2 aliphatic rings. The second-order valence-electron chi connectivity index (χ2n) is 11.0. The lowest BCUT2D eigenvalue weighted by Gasteiger charge is -2.44. The van der Waals surface area contributed by atoms with Crippen molar-refractivity contribution in [1.82, 2.24) is 9.80 Å². The molecule has 1 N–H and O–H groups in total. The number of aliphatic hydroxyl groups is 1. The molecule has 2 atom stereocenters. The van der Waals surface area contributed by atoms with Crippen LogP contribution in [0.2, 0.25) is 0 Å². The van der Waals surface area contributed by atoms with Crippen molar-refractivity contribution in [2.24, 2.45) is 0 Å². The van der Waals surface area contributed by atoms with Crippen LogP contribution in [0.4, 0.5) is 4.79 Å². The van der Waals surface area contributed by atoms with Crippen molar-refractivity contribution >= 4 is 27.9 Å². The Bertz CT molecular complexity index is 1110. The van der Waals surface area contributed by atoms with Gasteiger partial charge in [0, 0.05) is 35.1 Å². The fourth-order valence-electron chi connectivity index (χ4n) is 4.97. The predicted molar refractivity (Wildman–Crippen MR) is 135 cm³/mol. The number of amides is 2. The van der Waals surface area contributed by atoms with Gasteiger partial charge in [0.15, 0.2) is 0 Å². The number of carbonyl (C=O) groups is 2. The molecule has 0 radical (unpaired) electrons. The van der Waals surface area contributed by atoms with Gasteiger partial charge in [0.2, 0.25) is 0 Å². The Morgan fingerprint density at radius 2 is 1.88 bits per heavy atom. The van der Waals surface area contributed by atoms with E-state index >= 15 is 0 Å². The van der Waals surface area contributed by atoms with Gasteiger partial charge in [-0.3, -0.25) is 9.69 Å². The fraction of sp³-hybridized carbons (Fsp3) is 0.481. The van der Waals surface area contributed by atoms with Gasteiger partial charge in [-0.25, -0.2) is 4.79 Å². The second kappa shape index (κ2) is 9.00. The molecule has 1 unspecified atom stereocenters. The number of nitrogens with zero attached hydrogens (tertiary/aromatic N) is 2. The third-order valence-electron chi connectivity index (χ3n) is 6.58. The van der Waals surface area contributed by atoms with Crippen LogP contribution < -0.4 is 0 Å². The van der Waals surface area contributed by atoms with Crippen LogP contribution in [0.25, 0.3) is 0 Å². The quantitative estimate of drug-likeness (QED) is 0.614. The minimum Gasteiger partial charge on any atom is -0.444 e. The van der Waals surface area contributed by atoms with E-state index in [9.17, 15) is 14.7 Å². The van der Waals surface area contributed by atoms with Gasteiger partial charge in [-0.2, -0.15) is 0 Å². The minimum atomic E-state index is -0.919. The lowest BCUT2D eigenvalue weighted by Crippen LogP contribution is -2.57. The molecule has 0 aromatic heterocycles. The van der Waals surface area contributed by atoms with Crippen molar-refractivity contribution in [3.63, 3.8) is 0 Å². The Balaban J connectivity index is 1.60. The molecule has 0 spiro atoms. The van der Waals surface area contributed by atoms with Crippen molar-refractivity contribution in [2.75, 3.05) is 13.1 Å². The van der Waals surface area contributed by atoms with Crippen LogP contribution in [0.1, 0.15) is 61.7 Å². The molecule has 2 amide bonds. The highest BCUT2D eigenvalue weighted by atomic mass is 79.9. The molecule has 2 aromatic carbocycles. The first-order valence-electron chi connectivity index (χ1n) is 11.7. The lowest BCUT2D eigenvalue weighted by molar-refractivity contribution is -0.0193. The van der Waals surface area contributed by atoms with Crippen molar-refractivity contribution in [1.29, 1.82) is 0 Å². The van der Waals surface area contributed by atoms with Crippen molar-refractivity contribution < 1.29 is 19.4 Å². The summed E-state index contributed by atoms with van der Waals surface area (Å²) in [5, 5.41) is 11.4. The van der Waals surface area contributed by atoms with Gasteiger partial charge in [0.05, 0.1) is 12.1 Å². The van der Waals surface area contributed by atoms with Gasteiger partial charge in [-0.1, -0.05) is 54.0 Å². The predicted octanol–water partition coefficient (Wildman–Crippen LogP) is 4.91. The molecule has 34 heavy (non-hydrogen) atoms. The Labute approximate surface area is 210 Å². The molecule has 4 rings (SSSR count). The first-order chi connectivity index (χ1) is 15.9.